The van der Waals surface area contributed by atoms with Crippen LogP contribution in [0.5, 0.6) is 0 Å². The molecular formula is C11H12N6S. The summed E-state index contributed by atoms with van der Waals surface area (Å²) in [5.74, 6) is 0. The van der Waals surface area contributed by atoms with Crippen molar-refractivity contribution in [1.29, 1.82) is 0 Å². The number of hydrogen-bond acceptors (Lipinski definition) is 4. The van der Waals surface area contributed by atoms with Crippen molar-refractivity contribution < 1.29 is 0 Å². The van der Waals surface area contributed by atoms with Gasteiger partial charge in [-0.3, -0.25) is 9.25 Å². The van der Waals surface area contributed by atoms with E-state index in [1.807, 2.05) is 35.4 Å². The van der Waals surface area contributed by atoms with E-state index in [1.165, 1.54) is 0 Å². The Balaban J connectivity index is 2.17. The Labute approximate surface area is 108 Å². The van der Waals surface area contributed by atoms with Crippen molar-refractivity contribution in [2.24, 2.45) is 7.05 Å². The van der Waals surface area contributed by atoms with Gasteiger partial charge in [-0.1, -0.05) is 0 Å². The number of nitrogens with one attached hydrogen (secondary N) is 1. The highest BCUT2D eigenvalue weighted by atomic mass is 32.1. The molecule has 1 N–H and O–H groups in total. The Morgan fingerprint density at radius 3 is 3.00 bits per heavy atom. The van der Waals surface area contributed by atoms with Gasteiger partial charge in [-0.25, -0.2) is 0 Å². The summed E-state index contributed by atoms with van der Waals surface area (Å²) in [4.78, 5) is 3.18. The number of hydrogen-bond donors (Lipinski definition) is 1. The molecule has 18 heavy (non-hydrogen) atoms. The van der Waals surface area contributed by atoms with Gasteiger partial charge in [0.05, 0.1) is 17.9 Å². The first-order valence-corrected chi connectivity index (χ1v) is 5.96. The van der Waals surface area contributed by atoms with Gasteiger partial charge in [0.1, 0.15) is 5.52 Å². The third-order valence-electron chi connectivity index (χ3n) is 2.87. The summed E-state index contributed by atoms with van der Waals surface area (Å²) in [7, 11) is 1.91. The second kappa shape index (κ2) is 4.02. The Bertz CT molecular complexity index is 751. The summed E-state index contributed by atoms with van der Waals surface area (Å²) in [5.41, 5.74) is 3.76. The van der Waals surface area contributed by atoms with Crippen LogP contribution in [0.4, 0.5) is 0 Å². The molecule has 3 aromatic rings. The first kappa shape index (κ1) is 11.1. The highest BCUT2D eigenvalue weighted by Crippen LogP contribution is 2.17. The van der Waals surface area contributed by atoms with E-state index < -0.39 is 0 Å². The van der Waals surface area contributed by atoms with Crippen LogP contribution in [-0.4, -0.2) is 29.5 Å². The summed E-state index contributed by atoms with van der Waals surface area (Å²) in [5, 5.41) is 12.3. The predicted molar refractivity (Wildman–Crippen MR) is 69.8 cm³/mol. The van der Waals surface area contributed by atoms with E-state index in [9.17, 15) is 0 Å². The molecular weight excluding hydrogens is 248 g/mol. The van der Waals surface area contributed by atoms with Gasteiger partial charge in [-0.15, -0.1) is 0 Å². The zero-order chi connectivity index (χ0) is 12.7. The maximum Gasteiger partial charge on any atom is 0.179 e. The molecule has 0 spiro atoms. The maximum atomic E-state index is 5.34. The van der Waals surface area contributed by atoms with Gasteiger partial charge in [0.25, 0.3) is 0 Å². The van der Waals surface area contributed by atoms with Gasteiger partial charge in [0.15, 0.2) is 10.4 Å². The fourth-order valence-corrected chi connectivity index (χ4v) is 2.35. The van der Waals surface area contributed by atoms with Gasteiger partial charge in [0, 0.05) is 13.2 Å². The monoisotopic (exact) mass is 260 g/mol. The lowest BCUT2D eigenvalue weighted by molar-refractivity contribution is 0.700. The molecule has 0 amide bonds. The van der Waals surface area contributed by atoms with Gasteiger partial charge in [0.2, 0.25) is 0 Å². The van der Waals surface area contributed by atoms with E-state index in [-0.39, 0.29) is 0 Å². The Kier molecular flexibility index (Phi) is 2.48. The van der Waals surface area contributed by atoms with Crippen molar-refractivity contribution in [3.05, 3.63) is 34.5 Å². The zero-order valence-electron chi connectivity index (χ0n) is 10.1. The number of aromatic amines is 1. The number of aromatic nitrogens is 6. The summed E-state index contributed by atoms with van der Waals surface area (Å²) in [6.45, 7) is 2.55. The normalized spacial score (nSPS) is 11.2. The van der Waals surface area contributed by atoms with Crippen LogP contribution in [-0.2, 0) is 13.6 Å². The minimum absolute atomic E-state index is 0.589. The first-order chi connectivity index (χ1) is 8.66. The van der Waals surface area contributed by atoms with Crippen molar-refractivity contribution in [2.45, 2.75) is 13.5 Å². The zero-order valence-corrected chi connectivity index (χ0v) is 10.9. The molecule has 3 heterocycles. The van der Waals surface area contributed by atoms with E-state index in [1.54, 1.807) is 6.20 Å². The number of H-pyrrole nitrogens is 1. The molecule has 6 nitrogen and oxygen atoms in total. The second-order valence-electron chi connectivity index (χ2n) is 4.14. The van der Waals surface area contributed by atoms with Crippen molar-refractivity contribution >= 4 is 23.4 Å². The Morgan fingerprint density at radius 1 is 1.44 bits per heavy atom. The molecule has 0 atom stereocenters. The number of rotatable bonds is 2. The molecule has 0 aliphatic heterocycles. The van der Waals surface area contributed by atoms with Crippen LogP contribution in [0.1, 0.15) is 11.4 Å². The number of fused-ring (bicyclic) bond motifs is 1. The van der Waals surface area contributed by atoms with Crippen LogP contribution in [0.3, 0.4) is 0 Å². The smallest absolute Gasteiger partial charge is 0.179 e. The lowest BCUT2D eigenvalue weighted by Gasteiger charge is -2.03. The molecule has 0 radical (unpaired) electrons. The highest BCUT2D eigenvalue weighted by Gasteiger charge is 2.13. The molecule has 0 saturated carbocycles. The number of aryl methyl sites for hydroxylation is 2. The molecule has 0 aliphatic rings. The third kappa shape index (κ3) is 1.63. The third-order valence-corrected chi connectivity index (χ3v) is 3.19. The van der Waals surface area contributed by atoms with Gasteiger partial charge < -0.3 is 4.98 Å². The maximum absolute atomic E-state index is 5.34. The molecule has 0 unspecified atom stereocenters. The molecule has 0 saturated heterocycles. The topological polar surface area (TPSA) is 64.3 Å². The molecule has 0 aliphatic carbocycles. The van der Waals surface area contributed by atoms with Crippen LogP contribution in [0.15, 0.2) is 18.3 Å². The van der Waals surface area contributed by atoms with E-state index in [0.717, 1.165) is 22.6 Å². The minimum Gasteiger partial charge on any atom is -0.328 e. The Hall–Kier alpha value is -2.02. The molecule has 3 aromatic heterocycles. The van der Waals surface area contributed by atoms with Crippen LogP contribution >= 0.6 is 12.2 Å². The van der Waals surface area contributed by atoms with Crippen LogP contribution in [0.2, 0.25) is 0 Å². The number of nitrogens with zero attached hydrogens (tertiary/aromatic N) is 5. The van der Waals surface area contributed by atoms with Gasteiger partial charge >= 0.3 is 0 Å². The average molecular weight is 260 g/mol. The second-order valence-corrected chi connectivity index (χ2v) is 4.53. The summed E-state index contributed by atoms with van der Waals surface area (Å²) in [6, 6.07) is 3.79. The summed E-state index contributed by atoms with van der Waals surface area (Å²) < 4.78 is 4.48. The Morgan fingerprint density at radius 2 is 2.28 bits per heavy atom. The summed E-state index contributed by atoms with van der Waals surface area (Å²) >= 11 is 5.34. The number of imidazole rings is 1. The molecule has 3 rings (SSSR count). The quantitative estimate of drug-likeness (QED) is 0.710. The van der Waals surface area contributed by atoms with Crippen molar-refractivity contribution in [3.8, 4) is 0 Å². The SMILES string of the molecule is Cc1nn(C)c2c1[nH]c(=S)n2Cc1cccnn1. The standard InChI is InChI=1S/C11H12N6S/c1-7-9-10(16(2)15-7)17(11(18)13-9)6-8-4-3-5-12-14-8/h3-5H,6H2,1-2H3,(H,13,18). The fourth-order valence-electron chi connectivity index (χ4n) is 2.10. The van der Waals surface area contributed by atoms with Crippen LogP contribution in [0, 0.1) is 11.7 Å². The first-order valence-electron chi connectivity index (χ1n) is 5.55. The largest absolute Gasteiger partial charge is 0.328 e. The van der Waals surface area contributed by atoms with Crippen LogP contribution < -0.4 is 0 Å². The molecule has 7 heteroatoms. The van der Waals surface area contributed by atoms with E-state index in [4.69, 9.17) is 12.2 Å². The van der Waals surface area contributed by atoms with E-state index in [0.29, 0.717) is 11.3 Å². The van der Waals surface area contributed by atoms with Crippen LogP contribution in [0.25, 0.3) is 11.2 Å². The van der Waals surface area contributed by atoms with Crippen molar-refractivity contribution in [2.75, 3.05) is 0 Å². The van der Waals surface area contributed by atoms with E-state index in [2.05, 4.69) is 20.3 Å². The summed E-state index contributed by atoms with van der Waals surface area (Å²) in [6.07, 6.45) is 1.66. The molecule has 0 bridgehead atoms. The lowest BCUT2D eigenvalue weighted by Crippen LogP contribution is -2.06. The van der Waals surface area contributed by atoms with E-state index >= 15 is 0 Å². The lowest BCUT2D eigenvalue weighted by atomic mass is 10.4. The van der Waals surface area contributed by atoms with Gasteiger partial charge in [-0.05, 0) is 31.3 Å². The van der Waals surface area contributed by atoms with Crippen molar-refractivity contribution in [3.63, 3.8) is 0 Å². The molecule has 92 valence electrons. The fraction of sp³-hybridized carbons (Fsp3) is 0.273. The minimum atomic E-state index is 0.589. The van der Waals surface area contributed by atoms with Crippen molar-refractivity contribution in [1.82, 2.24) is 29.5 Å². The van der Waals surface area contributed by atoms with Gasteiger partial charge in [-0.2, -0.15) is 15.3 Å². The average Bonchev–Trinajstić information content (AvgIpc) is 2.81. The highest BCUT2D eigenvalue weighted by molar-refractivity contribution is 7.71. The predicted octanol–water partition coefficient (Wildman–Crippen LogP) is 1.58. The molecule has 0 aromatic carbocycles. The molecule has 0 fully saturated rings.